The average Bonchev–Trinajstić information content (AvgIpc) is 2.86. The van der Waals surface area contributed by atoms with E-state index in [1.807, 2.05) is 0 Å². The van der Waals surface area contributed by atoms with Crippen molar-refractivity contribution in [2.75, 3.05) is 19.8 Å². The molecule has 18 heavy (non-hydrogen) atoms. The van der Waals surface area contributed by atoms with Crippen molar-refractivity contribution >= 4 is 17.4 Å². The normalized spacial score (nSPS) is 26.8. The summed E-state index contributed by atoms with van der Waals surface area (Å²) in [6.45, 7) is 1.35. The number of fused-ring (bicyclic) bond motifs is 1. The van der Waals surface area contributed by atoms with E-state index in [2.05, 4.69) is 15.3 Å². The lowest BCUT2D eigenvalue weighted by Gasteiger charge is -2.26. The molecule has 3 rings (SSSR count). The van der Waals surface area contributed by atoms with E-state index in [9.17, 15) is 4.79 Å². The first-order chi connectivity index (χ1) is 8.74. The first-order valence-electron chi connectivity index (χ1n) is 5.76. The third-order valence-electron chi connectivity index (χ3n) is 3.07. The van der Waals surface area contributed by atoms with Crippen molar-refractivity contribution in [1.82, 2.24) is 15.3 Å². The predicted octanol–water partition coefficient (Wildman–Crippen LogP) is 0.511. The van der Waals surface area contributed by atoms with Crippen molar-refractivity contribution in [2.24, 2.45) is 0 Å². The maximum Gasteiger partial charge on any atom is 0.225 e. The molecule has 2 unspecified atom stereocenters. The maximum absolute atomic E-state index is 11.9. The lowest BCUT2D eigenvalue weighted by Crippen LogP contribution is -2.41. The zero-order valence-corrected chi connectivity index (χ0v) is 10.3. The molecule has 1 fully saturated rings. The monoisotopic (exact) mass is 269 g/mol. The molecule has 2 aliphatic heterocycles. The van der Waals surface area contributed by atoms with Crippen LogP contribution >= 0.6 is 11.6 Å². The number of carbonyl (C=O) groups excluding carboxylic acids is 1. The molecular formula is C11H12ClN3O3. The fourth-order valence-corrected chi connectivity index (χ4v) is 2.28. The van der Waals surface area contributed by atoms with Gasteiger partial charge in [0.05, 0.1) is 12.2 Å². The van der Waals surface area contributed by atoms with Crippen LogP contribution in [0, 0.1) is 0 Å². The Hall–Kier alpha value is -1.24. The van der Waals surface area contributed by atoms with Crippen LogP contribution in [0.1, 0.15) is 18.0 Å². The fraction of sp³-hybridized carbons (Fsp3) is 0.545. The Morgan fingerprint density at radius 2 is 2.39 bits per heavy atom. The van der Waals surface area contributed by atoms with Crippen LogP contribution < -0.4 is 10.1 Å². The number of nitrogens with one attached hydrogen (secondary N) is 1. The van der Waals surface area contributed by atoms with Gasteiger partial charge in [-0.2, -0.15) is 4.98 Å². The quantitative estimate of drug-likeness (QED) is 0.789. The molecule has 0 aromatic carbocycles. The van der Waals surface area contributed by atoms with E-state index in [1.54, 1.807) is 0 Å². The van der Waals surface area contributed by atoms with Crippen molar-refractivity contribution in [3.05, 3.63) is 17.0 Å². The van der Waals surface area contributed by atoms with Crippen LogP contribution in [0.25, 0.3) is 0 Å². The predicted molar refractivity (Wildman–Crippen MR) is 62.6 cm³/mol. The van der Waals surface area contributed by atoms with Gasteiger partial charge in [-0.15, -0.1) is 0 Å². The van der Waals surface area contributed by atoms with Gasteiger partial charge in [0.2, 0.25) is 11.2 Å². The van der Waals surface area contributed by atoms with Crippen LogP contribution in [-0.2, 0) is 9.53 Å². The van der Waals surface area contributed by atoms with E-state index < -0.39 is 6.04 Å². The van der Waals surface area contributed by atoms with Gasteiger partial charge in [0.15, 0.2) is 12.4 Å². The second-order valence-corrected chi connectivity index (χ2v) is 4.65. The summed E-state index contributed by atoms with van der Waals surface area (Å²) in [6, 6.07) is -0.252. The first kappa shape index (κ1) is 11.8. The number of halogens is 1. The first-order valence-corrected chi connectivity index (χ1v) is 6.13. The second-order valence-electron chi connectivity index (χ2n) is 4.31. The highest BCUT2D eigenvalue weighted by molar-refractivity contribution is 6.28. The van der Waals surface area contributed by atoms with Crippen molar-refractivity contribution in [2.45, 2.75) is 18.5 Å². The van der Waals surface area contributed by atoms with Crippen LogP contribution in [0.3, 0.4) is 0 Å². The summed E-state index contributed by atoms with van der Waals surface area (Å²) in [5.74, 6) is 0.353. The van der Waals surface area contributed by atoms with E-state index in [4.69, 9.17) is 21.1 Å². The molecule has 2 aliphatic rings. The van der Waals surface area contributed by atoms with Crippen molar-refractivity contribution in [1.29, 1.82) is 0 Å². The molecular weight excluding hydrogens is 258 g/mol. The molecule has 7 heteroatoms. The molecule has 0 saturated carbocycles. The van der Waals surface area contributed by atoms with E-state index in [0.29, 0.717) is 18.1 Å². The minimum absolute atomic E-state index is 0.00554. The lowest BCUT2D eigenvalue weighted by atomic mass is 10.0. The summed E-state index contributed by atoms with van der Waals surface area (Å²) in [5, 5.41) is 3.38. The van der Waals surface area contributed by atoms with Gasteiger partial charge in [-0.25, -0.2) is 4.98 Å². The van der Waals surface area contributed by atoms with Gasteiger partial charge in [-0.05, 0) is 18.0 Å². The SMILES string of the molecule is O=C1COc2nc(Cl)ncc2C1NC1CCOC1. The Bertz CT molecular complexity index is 477. The molecule has 1 aromatic rings. The van der Waals surface area contributed by atoms with Gasteiger partial charge in [0, 0.05) is 18.8 Å². The molecule has 6 nitrogen and oxygen atoms in total. The lowest BCUT2D eigenvalue weighted by molar-refractivity contribution is -0.124. The average molecular weight is 270 g/mol. The molecule has 0 aliphatic carbocycles. The molecule has 1 aromatic heterocycles. The summed E-state index contributed by atoms with van der Waals surface area (Å²) in [4.78, 5) is 19.8. The van der Waals surface area contributed by atoms with E-state index in [1.165, 1.54) is 6.20 Å². The maximum atomic E-state index is 11.9. The van der Waals surface area contributed by atoms with E-state index >= 15 is 0 Å². The Balaban J connectivity index is 1.86. The van der Waals surface area contributed by atoms with Crippen LogP contribution in [-0.4, -0.2) is 41.6 Å². The number of ketones is 1. The van der Waals surface area contributed by atoms with Gasteiger partial charge in [-0.1, -0.05) is 0 Å². The van der Waals surface area contributed by atoms with E-state index in [-0.39, 0.29) is 23.7 Å². The highest BCUT2D eigenvalue weighted by Gasteiger charge is 2.33. The van der Waals surface area contributed by atoms with Crippen molar-refractivity contribution in [3.63, 3.8) is 0 Å². The minimum Gasteiger partial charge on any atom is -0.469 e. The van der Waals surface area contributed by atoms with Gasteiger partial charge in [-0.3, -0.25) is 10.1 Å². The molecule has 0 bridgehead atoms. The highest BCUT2D eigenvalue weighted by atomic mass is 35.5. The fourth-order valence-electron chi connectivity index (χ4n) is 2.15. The van der Waals surface area contributed by atoms with Gasteiger partial charge < -0.3 is 9.47 Å². The Kier molecular flexibility index (Phi) is 3.15. The Morgan fingerprint density at radius 3 is 3.17 bits per heavy atom. The van der Waals surface area contributed by atoms with Crippen molar-refractivity contribution < 1.29 is 14.3 Å². The number of ether oxygens (including phenoxy) is 2. The highest BCUT2D eigenvalue weighted by Crippen LogP contribution is 2.29. The number of hydrogen-bond acceptors (Lipinski definition) is 6. The topological polar surface area (TPSA) is 73.3 Å². The van der Waals surface area contributed by atoms with Gasteiger partial charge in [0.1, 0.15) is 6.04 Å². The molecule has 0 amide bonds. The van der Waals surface area contributed by atoms with Gasteiger partial charge >= 0.3 is 0 Å². The van der Waals surface area contributed by atoms with Crippen molar-refractivity contribution in [3.8, 4) is 5.88 Å². The third-order valence-corrected chi connectivity index (χ3v) is 3.25. The zero-order chi connectivity index (χ0) is 12.5. The number of Topliss-reactive ketones (excluding diaryl/α,β-unsaturated/α-hetero) is 1. The Labute approximate surface area is 109 Å². The largest absolute Gasteiger partial charge is 0.469 e. The number of aromatic nitrogens is 2. The smallest absolute Gasteiger partial charge is 0.225 e. The molecule has 96 valence electrons. The van der Waals surface area contributed by atoms with Crippen LogP contribution in [0.4, 0.5) is 0 Å². The number of hydrogen-bond donors (Lipinski definition) is 1. The standard InChI is InChI=1S/C11H12ClN3O3/c12-11-13-3-7-9(14-6-1-2-17-4-6)8(16)5-18-10(7)15-11/h3,6,9,14H,1-2,4-5H2. The summed E-state index contributed by atoms with van der Waals surface area (Å²) in [6.07, 6.45) is 2.43. The Morgan fingerprint density at radius 1 is 1.50 bits per heavy atom. The summed E-state index contributed by atoms with van der Waals surface area (Å²) in [5.41, 5.74) is 0.641. The third kappa shape index (κ3) is 2.19. The van der Waals surface area contributed by atoms with Crippen LogP contribution in [0.5, 0.6) is 5.88 Å². The van der Waals surface area contributed by atoms with Gasteiger partial charge in [0.25, 0.3) is 0 Å². The van der Waals surface area contributed by atoms with Crippen LogP contribution in [0.2, 0.25) is 5.28 Å². The van der Waals surface area contributed by atoms with Crippen LogP contribution in [0.15, 0.2) is 6.20 Å². The number of nitrogens with zero attached hydrogens (tertiary/aromatic N) is 2. The molecule has 0 spiro atoms. The number of rotatable bonds is 2. The molecule has 0 radical (unpaired) electrons. The summed E-state index contributed by atoms with van der Waals surface area (Å²) < 4.78 is 10.5. The second kappa shape index (κ2) is 4.79. The summed E-state index contributed by atoms with van der Waals surface area (Å²) >= 11 is 5.70. The summed E-state index contributed by atoms with van der Waals surface area (Å²) in [7, 11) is 0. The molecule has 2 atom stereocenters. The molecule has 1 saturated heterocycles. The molecule has 1 N–H and O–H groups in total. The number of carbonyl (C=O) groups is 1. The minimum atomic E-state index is -0.433. The zero-order valence-electron chi connectivity index (χ0n) is 9.56. The van der Waals surface area contributed by atoms with E-state index in [0.717, 1.165) is 13.0 Å². The molecule has 3 heterocycles.